The molecule has 0 saturated carbocycles. The molecule has 1 aromatic heterocycles. The van der Waals surface area contributed by atoms with E-state index in [0.717, 1.165) is 0 Å². The van der Waals surface area contributed by atoms with Crippen molar-refractivity contribution in [2.45, 2.75) is 11.8 Å². The van der Waals surface area contributed by atoms with Crippen LogP contribution in [-0.4, -0.2) is 18.2 Å². The zero-order valence-corrected chi connectivity index (χ0v) is 11.8. The van der Waals surface area contributed by atoms with Crippen LogP contribution in [0, 0.1) is 24.4 Å². The molecule has 1 aromatic carbocycles. The molecular weight excluding hydrogens is 309 g/mol. The summed E-state index contributed by atoms with van der Waals surface area (Å²) < 4.78 is 66.6. The number of rotatable bonds is 3. The summed E-state index contributed by atoms with van der Waals surface area (Å²) in [4.78, 5) is -0.310. The molecular formula is C11H11F3N4O2S. The number of sulfonamides is 1. The molecule has 114 valence electrons. The summed E-state index contributed by atoms with van der Waals surface area (Å²) in [5, 5.41) is 3.73. The van der Waals surface area contributed by atoms with Gasteiger partial charge in [0, 0.05) is 19.2 Å². The van der Waals surface area contributed by atoms with Crippen molar-refractivity contribution < 1.29 is 21.6 Å². The van der Waals surface area contributed by atoms with E-state index in [2.05, 4.69) is 5.10 Å². The van der Waals surface area contributed by atoms with Crippen LogP contribution in [0.3, 0.4) is 0 Å². The van der Waals surface area contributed by atoms with Crippen molar-refractivity contribution in [3.05, 3.63) is 35.3 Å². The summed E-state index contributed by atoms with van der Waals surface area (Å²) in [6.45, 7) is 1.46. The number of anilines is 2. The molecule has 2 rings (SSSR count). The first-order valence-electron chi connectivity index (χ1n) is 5.60. The maximum Gasteiger partial charge on any atom is 0.267 e. The summed E-state index contributed by atoms with van der Waals surface area (Å²) in [5.74, 6) is -4.97. The highest BCUT2D eigenvalue weighted by Gasteiger charge is 2.25. The molecule has 0 bridgehead atoms. The number of nitrogens with one attached hydrogen (secondary N) is 1. The number of nitrogen functional groups attached to an aromatic ring is 1. The normalized spacial score (nSPS) is 11.7. The monoisotopic (exact) mass is 320 g/mol. The highest BCUT2D eigenvalue weighted by molar-refractivity contribution is 7.93. The first kappa shape index (κ1) is 15.2. The zero-order valence-electron chi connectivity index (χ0n) is 11.0. The van der Waals surface area contributed by atoms with Gasteiger partial charge in [-0.2, -0.15) is 5.10 Å². The van der Waals surface area contributed by atoms with E-state index in [1.165, 1.54) is 18.7 Å². The summed E-state index contributed by atoms with van der Waals surface area (Å²) in [5.41, 5.74) is 5.28. The van der Waals surface area contributed by atoms with E-state index in [4.69, 9.17) is 5.73 Å². The fraction of sp³-hybridized carbons (Fsp3) is 0.182. The van der Waals surface area contributed by atoms with Gasteiger partial charge in [0.15, 0.2) is 28.2 Å². The Kier molecular flexibility index (Phi) is 3.58. The van der Waals surface area contributed by atoms with Gasteiger partial charge >= 0.3 is 0 Å². The molecule has 21 heavy (non-hydrogen) atoms. The maximum atomic E-state index is 13.1. The lowest BCUT2D eigenvalue weighted by Gasteiger charge is -2.09. The lowest BCUT2D eigenvalue weighted by atomic mass is 10.3. The van der Waals surface area contributed by atoms with E-state index in [0.29, 0.717) is 12.1 Å². The average Bonchev–Trinajstić information content (AvgIpc) is 2.60. The van der Waals surface area contributed by atoms with Gasteiger partial charge in [-0.15, -0.1) is 0 Å². The molecule has 0 spiro atoms. The fourth-order valence-corrected chi connectivity index (χ4v) is 3.13. The number of nitrogens with two attached hydrogens (primary N) is 1. The van der Waals surface area contributed by atoms with Crippen molar-refractivity contribution in [2.75, 3.05) is 10.5 Å². The van der Waals surface area contributed by atoms with Crippen molar-refractivity contribution in [2.24, 2.45) is 7.05 Å². The fourth-order valence-electron chi connectivity index (χ4n) is 1.77. The minimum Gasteiger partial charge on any atom is -0.381 e. The van der Waals surface area contributed by atoms with E-state index in [1.807, 2.05) is 4.72 Å². The topological polar surface area (TPSA) is 90.0 Å². The molecule has 2 aromatic rings. The lowest BCUT2D eigenvalue weighted by molar-refractivity contribution is 0.448. The molecule has 0 radical (unpaired) electrons. The average molecular weight is 320 g/mol. The van der Waals surface area contributed by atoms with Crippen LogP contribution in [0.4, 0.5) is 24.7 Å². The Morgan fingerprint density at radius 3 is 2.19 bits per heavy atom. The highest BCUT2D eigenvalue weighted by Crippen LogP contribution is 2.25. The van der Waals surface area contributed by atoms with Crippen LogP contribution in [0.1, 0.15) is 5.69 Å². The molecule has 3 N–H and O–H groups in total. The number of halogens is 3. The van der Waals surface area contributed by atoms with Gasteiger partial charge in [0.05, 0.1) is 11.4 Å². The number of aryl methyl sites for hydroxylation is 1. The first-order valence-corrected chi connectivity index (χ1v) is 7.08. The molecule has 0 fully saturated rings. The summed E-state index contributed by atoms with van der Waals surface area (Å²) in [6, 6.07) is 1.05. The van der Waals surface area contributed by atoms with Crippen molar-refractivity contribution in [3.8, 4) is 0 Å². The Hall–Kier alpha value is -2.23. The van der Waals surface area contributed by atoms with Crippen LogP contribution < -0.4 is 10.5 Å². The molecule has 1 heterocycles. The zero-order chi connectivity index (χ0) is 15.9. The number of benzene rings is 1. The Balaban J connectivity index is 2.47. The molecule has 0 unspecified atom stereocenters. The third-order valence-corrected chi connectivity index (χ3v) is 4.36. The van der Waals surface area contributed by atoms with Crippen molar-refractivity contribution in [3.63, 3.8) is 0 Å². The second kappa shape index (κ2) is 4.95. The Morgan fingerprint density at radius 1 is 1.24 bits per heavy atom. The SMILES string of the molecule is Cc1c(S(=O)(=O)Nc2cc(F)c(F)c(F)c2)c(N)nn1C. The van der Waals surface area contributed by atoms with Crippen LogP contribution in [0.15, 0.2) is 17.0 Å². The van der Waals surface area contributed by atoms with Crippen LogP contribution in [-0.2, 0) is 17.1 Å². The van der Waals surface area contributed by atoms with Gasteiger partial charge in [-0.25, -0.2) is 21.6 Å². The van der Waals surface area contributed by atoms with Gasteiger partial charge in [-0.05, 0) is 6.92 Å². The van der Waals surface area contributed by atoms with Crippen molar-refractivity contribution >= 4 is 21.5 Å². The van der Waals surface area contributed by atoms with Gasteiger partial charge in [0.1, 0.15) is 0 Å². The Bertz CT molecular complexity index is 794. The minimum absolute atomic E-state index is 0.239. The molecule has 6 nitrogen and oxygen atoms in total. The first-order chi connectivity index (χ1) is 9.63. The standard InChI is InChI=1S/C11H11F3N4O2S/c1-5-10(11(15)16-18(5)2)21(19,20)17-6-3-7(12)9(14)8(13)4-6/h3-4,17H,1-2H3,(H2,15,16). The molecule has 10 heteroatoms. The summed E-state index contributed by atoms with van der Waals surface area (Å²) in [7, 11) is -2.73. The largest absolute Gasteiger partial charge is 0.381 e. The van der Waals surface area contributed by atoms with E-state index >= 15 is 0 Å². The highest BCUT2D eigenvalue weighted by atomic mass is 32.2. The lowest BCUT2D eigenvalue weighted by Crippen LogP contribution is -2.16. The van der Waals surface area contributed by atoms with E-state index in [1.54, 1.807) is 0 Å². The quantitative estimate of drug-likeness (QED) is 0.839. The van der Waals surface area contributed by atoms with Crippen LogP contribution in [0.25, 0.3) is 0 Å². The summed E-state index contributed by atoms with van der Waals surface area (Å²) >= 11 is 0. The van der Waals surface area contributed by atoms with Gasteiger partial charge in [0.2, 0.25) is 0 Å². The molecule has 0 saturated heterocycles. The number of aromatic nitrogens is 2. The second-order valence-electron chi connectivity index (χ2n) is 4.28. The third kappa shape index (κ3) is 2.66. The van der Waals surface area contributed by atoms with Gasteiger partial charge in [0.25, 0.3) is 10.0 Å². The minimum atomic E-state index is -4.21. The predicted octanol–water partition coefficient (Wildman–Crippen LogP) is 1.53. The van der Waals surface area contributed by atoms with Gasteiger partial charge in [-0.1, -0.05) is 0 Å². The van der Waals surface area contributed by atoms with Gasteiger partial charge < -0.3 is 5.73 Å². The summed E-state index contributed by atoms with van der Waals surface area (Å²) in [6.07, 6.45) is 0. The van der Waals surface area contributed by atoms with E-state index in [-0.39, 0.29) is 16.4 Å². The van der Waals surface area contributed by atoms with E-state index < -0.39 is 33.2 Å². The third-order valence-electron chi connectivity index (χ3n) is 2.81. The molecule has 0 aliphatic carbocycles. The predicted molar refractivity (Wildman–Crippen MR) is 69.5 cm³/mol. The smallest absolute Gasteiger partial charge is 0.267 e. The Morgan fingerprint density at radius 2 is 1.76 bits per heavy atom. The molecule has 0 atom stereocenters. The number of nitrogens with zero attached hydrogens (tertiary/aromatic N) is 2. The van der Waals surface area contributed by atoms with E-state index in [9.17, 15) is 21.6 Å². The van der Waals surface area contributed by atoms with Crippen molar-refractivity contribution in [1.82, 2.24) is 9.78 Å². The van der Waals surface area contributed by atoms with Crippen LogP contribution in [0.2, 0.25) is 0 Å². The molecule has 0 amide bonds. The van der Waals surface area contributed by atoms with Crippen LogP contribution in [0.5, 0.6) is 0 Å². The van der Waals surface area contributed by atoms with Crippen molar-refractivity contribution in [1.29, 1.82) is 0 Å². The van der Waals surface area contributed by atoms with Gasteiger partial charge in [-0.3, -0.25) is 9.40 Å². The number of hydrogen-bond acceptors (Lipinski definition) is 4. The maximum absolute atomic E-state index is 13.1. The number of hydrogen-bond donors (Lipinski definition) is 2. The molecule has 0 aliphatic heterocycles. The second-order valence-corrected chi connectivity index (χ2v) is 5.90. The molecule has 0 aliphatic rings. The Labute approximate surface area is 118 Å². The van der Waals surface area contributed by atoms with Crippen LogP contribution >= 0.6 is 0 Å².